The topological polar surface area (TPSA) is 101 Å². The van der Waals surface area contributed by atoms with Gasteiger partial charge in [-0.25, -0.2) is 18.1 Å². The van der Waals surface area contributed by atoms with Crippen molar-refractivity contribution in [1.82, 2.24) is 14.3 Å². The molecule has 1 aromatic heterocycles. The van der Waals surface area contributed by atoms with Crippen LogP contribution in [0.25, 0.3) is 0 Å². The largest absolute Gasteiger partial charge is 0.481 e. The molecule has 0 saturated carbocycles. The second-order valence-electron chi connectivity index (χ2n) is 3.93. The summed E-state index contributed by atoms with van der Waals surface area (Å²) in [6.45, 7) is 1.74. The van der Waals surface area contributed by atoms with Gasteiger partial charge in [-0.3, -0.25) is 4.79 Å². The maximum absolute atomic E-state index is 11.7. The Morgan fingerprint density at radius 3 is 2.76 bits per heavy atom. The number of imidazole rings is 1. The van der Waals surface area contributed by atoms with E-state index in [1.54, 1.807) is 14.0 Å². The van der Waals surface area contributed by atoms with Crippen molar-refractivity contribution in [3.8, 4) is 0 Å². The van der Waals surface area contributed by atoms with Crippen LogP contribution >= 0.6 is 0 Å². The van der Waals surface area contributed by atoms with Crippen LogP contribution in [-0.4, -0.2) is 35.6 Å². The normalized spacial score (nSPS) is 13.5. The molecule has 0 bridgehead atoms. The first kappa shape index (κ1) is 13.7. The van der Waals surface area contributed by atoms with Crippen molar-refractivity contribution >= 4 is 16.0 Å². The summed E-state index contributed by atoms with van der Waals surface area (Å²) in [6.07, 6.45) is 2.68. The predicted octanol–water partition coefficient (Wildman–Crippen LogP) is -0.191. The summed E-state index contributed by atoms with van der Waals surface area (Å²) in [5, 5.41) is 8.47. The molecule has 0 spiro atoms. The zero-order chi connectivity index (χ0) is 13.1. The first-order valence-corrected chi connectivity index (χ1v) is 6.49. The molecule has 0 aliphatic heterocycles. The Balaban J connectivity index is 2.59. The third-order valence-electron chi connectivity index (χ3n) is 2.10. The molecule has 8 heteroatoms. The van der Waals surface area contributed by atoms with Gasteiger partial charge < -0.3 is 9.67 Å². The van der Waals surface area contributed by atoms with Gasteiger partial charge in [0.05, 0.1) is 6.33 Å². The van der Waals surface area contributed by atoms with E-state index in [-0.39, 0.29) is 23.9 Å². The van der Waals surface area contributed by atoms with Crippen molar-refractivity contribution in [3.63, 3.8) is 0 Å². The second kappa shape index (κ2) is 5.28. The summed E-state index contributed by atoms with van der Waals surface area (Å²) in [5.74, 6) is -1.22. The molecular formula is C9H15N3O4S. The second-order valence-corrected chi connectivity index (χ2v) is 5.65. The molecule has 1 aromatic rings. The van der Waals surface area contributed by atoms with E-state index < -0.39 is 16.0 Å². The summed E-state index contributed by atoms with van der Waals surface area (Å²) in [6, 6.07) is 0. The smallest absolute Gasteiger partial charge is 0.303 e. The van der Waals surface area contributed by atoms with Gasteiger partial charge in [0.2, 0.25) is 0 Å². The van der Waals surface area contributed by atoms with E-state index in [0.29, 0.717) is 0 Å². The molecule has 0 saturated heterocycles. The van der Waals surface area contributed by atoms with Crippen molar-refractivity contribution in [2.75, 3.05) is 6.54 Å². The van der Waals surface area contributed by atoms with Gasteiger partial charge in [0.15, 0.2) is 5.03 Å². The molecule has 1 unspecified atom stereocenters. The average molecular weight is 261 g/mol. The monoisotopic (exact) mass is 261 g/mol. The molecular weight excluding hydrogens is 246 g/mol. The van der Waals surface area contributed by atoms with E-state index in [9.17, 15) is 13.2 Å². The number of nitrogens with zero attached hydrogens (tertiary/aromatic N) is 2. The minimum atomic E-state index is -3.65. The maximum atomic E-state index is 11.7. The highest BCUT2D eigenvalue weighted by Gasteiger charge is 2.18. The molecule has 0 fully saturated rings. The Labute approximate surface area is 99.5 Å². The van der Waals surface area contributed by atoms with Gasteiger partial charge in [0.1, 0.15) is 0 Å². The number of hydrogen-bond donors (Lipinski definition) is 2. The van der Waals surface area contributed by atoms with Crippen molar-refractivity contribution in [1.29, 1.82) is 0 Å². The molecule has 2 N–H and O–H groups in total. The Bertz CT molecular complexity index is 494. The molecule has 0 amide bonds. The van der Waals surface area contributed by atoms with Crippen LogP contribution in [0.1, 0.15) is 13.3 Å². The van der Waals surface area contributed by atoms with E-state index in [0.717, 1.165) is 0 Å². The highest BCUT2D eigenvalue weighted by molar-refractivity contribution is 7.89. The first-order valence-electron chi connectivity index (χ1n) is 5.00. The quantitative estimate of drug-likeness (QED) is 0.739. The van der Waals surface area contributed by atoms with Gasteiger partial charge in [-0.05, 0) is 5.92 Å². The van der Waals surface area contributed by atoms with Gasteiger partial charge in [-0.15, -0.1) is 0 Å². The van der Waals surface area contributed by atoms with Crippen molar-refractivity contribution < 1.29 is 18.3 Å². The van der Waals surface area contributed by atoms with E-state index >= 15 is 0 Å². The molecule has 1 heterocycles. The standard InChI is InChI=1S/C9H15N3O4S/c1-7(3-9(13)14)4-11-17(15,16)8-5-12(2)6-10-8/h5-7,11H,3-4H2,1-2H3,(H,13,14). The minimum absolute atomic E-state index is 0.0671. The zero-order valence-corrected chi connectivity index (χ0v) is 10.4. The highest BCUT2D eigenvalue weighted by atomic mass is 32.2. The fourth-order valence-corrected chi connectivity index (χ4v) is 2.37. The van der Waals surface area contributed by atoms with Crippen LogP contribution in [0.15, 0.2) is 17.6 Å². The van der Waals surface area contributed by atoms with Crippen LogP contribution in [0.3, 0.4) is 0 Å². The van der Waals surface area contributed by atoms with E-state index in [1.807, 2.05) is 0 Å². The van der Waals surface area contributed by atoms with Crippen LogP contribution in [0.2, 0.25) is 0 Å². The van der Waals surface area contributed by atoms with Gasteiger partial charge >= 0.3 is 5.97 Å². The van der Waals surface area contributed by atoms with Gasteiger partial charge in [-0.1, -0.05) is 6.92 Å². The Morgan fingerprint density at radius 1 is 1.65 bits per heavy atom. The van der Waals surface area contributed by atoms with Crippen LogP contribution in [0.4, 0.5) is 0 Å². The molecule has 0 aliphatic carbocycles. The van der Waals surface area contributed by atoms with Crippen molar-refractivity contribution in [2.45, 2.75) is 18.4 Å². The molecule has 96 valence electrons. The average Bonchev–Trinajstić information content (AvgIpc) is 2.62. The third-order valence-corrected chi connectivity index (χ3v) is 3.41. The first-order chi connectivity index (χ1) is 7.81. The molecule has 1 atom stereocenters. The van der Waals surface area contributed by atoms with Crippen molar-refractivity contribution in [2.24, 2.45) is 13.0 Å². The van der Waals surface area contributed by atoms with Crippen LogP contribution < -0.4 is 4.72 Å². The number of hydrogen-bond acceptors (Lipinski definition) is 4. The van der Waals surface area contributed by atoms with E-state index in [1.165, 1.54) is 17.1 Å². The number of aryl methyl sites for hydroxylation is 1. The van der Waals surface area contributed by atoms with Crippen LogP contribution in [0.5, 0.6) is 0 Å². The number of carbonyl (C=O) groups is 1. The SMILES string of the molecule is CC(CNS(=O)(=O)c1cn(C)cn1)CC(=O)O. The van der Waals surface area contributed by atoms with E-state index in [2.05, 4.69) is 9.71 Å². The molecule has 0 aliphatic rings. The zero-order valence-electron chi connectivity index (χ0n) is 9.62. The predicted molar refractivity (Wildman–Crippen MR) is 59.8 cm³/mol. The summed E-state index contributed by atoms with van der Waals surface area (Å²) >= 11 is 0. The highest BCUT2D eigenvalue weighted by Crippen LogP contribution is 2.06. The Kier molecular flexibility index (Phi) is 4.24. The molecule has 7 nitrogen and oxygen atoms in total. The lowest BCUT2D eigenvalue weighted by Gasteiger charge is -2.09. The summed E-state index contributed by atoms with van der Waals surface area (Å²) < 4.78 is 27.3. The molecule has 17 heavy (non-hydrogen) atoms. The number of rotatable bonds is 6. The van der Waals surface area contributed by atoms with Gasteiger partial charge in [0.25, 0.3) is 10.0 Å². The fourth-order valence-electron chi connectivity index (χ4n) is 1.22. The number of sulfonamides is 1. The fraction of sp³-hybridized carbons (Fsp3) is 0.556. The van der Waals surface area contributed by atoms with Gasteiger partial charge in [-0.2, -0.15) is 0 Å². The summed E-state index contributed by atoms with van der Waals surface area (Å²) in [4.78, 5) is 14.1. The minimum Gasteiger partial charge on any atom is -0.481 e. The summed E-state index contributed by atoms with van der Waals surface area (Å²) in [7, 11) is -1.98. The van der Waals surface area contributed by atoms with Crippen molar-refractivity contribution in [3.05, 3.63) is 12.5 Å². The third kappa shape index (κ3) is 4.16. The number of aromatic nitrogens is 2. The lowest BCUT2D eigenvalue weighted by atomic mass is 10.1. The van der Waals surface area contributed by atoms with E-state index in [4.69, 9.17) is 5.11 Å². The maximum Gasteiger partial charge on any atom is 0.303 e. The van der Waals surface area contributed by atoms with Gasteiger partial charge in [0, 0.05) is 26.2 Å². The Hall–Kier alpha value is -1.41. The number of nitrogens with one attached hydrogen (secondary N) is 1. The lowest BCUT2D eigenvalue weighted by Crippen LogP contribution is -2.29. The van der Waals surface area contributed by atoms with Crippen LogP contribution in [0, 0.1) is 5.92 Å². The summed E-state index contributed by atoms with van der Waals surface area (Å²) in [5.41, 5.74) is 0. The number of carboxylic acids is 1. The Morgan fingerprint density at radius 2 is 2.29 bits per heavy atom. The number of carboxylic acid groups (broad SMARTS) is 1. The molecule has 1 rings (SSSR count). The number of aliphatic carboxylic acids is 1. The molecule has 0 aromatic carbocycles. The molecule has 0 radical (unpaired) electrons. The van der Waals surface area contributed by atoms with Crippen LogP contribution in [-0.2, 0) is 21.9 Å². The lowest BCUT2D eigenvalue weighted by molar-refractivity contribution is -0.137.